The first-order chi connectivity index (χ1) is 33.6. The number of rotatable bonds is 12. The van der Waals surface area contributed by atoms with Gasteiger partial charge in [0.2, 0.25) is 5.88 Å². The molecular weight excluding hydrogens is 1000 g/mol. The minimum atomic E-state index is -6.47. The summed E-state index contributed by atoms with van der Waals surface area (Å²) in [5.74, 6) is -25.4. The van der Waals surface area contributed by atoms with Crippen LogP contribution in [0.1, 0.15) is 22.3 Å². The van der Waals surface area contributed by atoms with E-state index in [1.807, 2.05) is 4.72 Å². The van der Waals surface area contributed by atoms with Crippen LogP contribution in [0.3, 0.4) is 0 Å². The van der Waals surface area contributed by atoms with Crippen molar-refractivity contribution in [3.63, 3.8) is 0 Å². The van der Waals surface area contributed by atoms with E-state index in [4.69, 9.17) is 25.8 Å². The lowest BCUT2D eigenvalue weighted by molar-refractivity contribution is -0.384. The summed E-state index contributed by atoms with van der Waals surface area (Å²) in [5.41, 5.74) is -4.09. The van der Waals surface area contributed by atoms with E-state index in [2.05, 4.69) is 15.3 Å². The van der Waals surface area contributed by atoms with Crippen LogP contribution in [0.2, 0.25) is 5.02 Å². The Morgan fingerprint density at radius 3 is 2.31 bits per heavy atom. The minimum absolute atomic E-state index is 0.0141. The molecule has 1 aliphatic carbocycles. The number of anilines is 4. The highest BCUT2D eigenvalue weighted by Gasteiger charge is 2.85. The number of H-pyrrole nitrogens is 1. The normalized spacial score (nSPS) is 21.0. The van der Waals surface area contributed by atoms with E-state index in [1.165, 1.54) is 18.2 Å². The number of benzene rings is 3. The first-order valence-electron chi connectivity index (χ1n) is 21.9. The highest BCUT2D eigenvalue weighted by molar-refractivity contribution is 7.90. The third kappa shape index (κ3) is 9.06. The van der Waals surface area contributed by atoms with Gasteiger partial charge in [0, 0.05) is 85.3 Å². The van der Waals surface area contributed by atoms with Gasteiger partial charge in [0.1, 0.15) is 17.0 Å². The van der Waals surface area contributed by atoms with E-state index >= 15 is 17.6 Å². The second kappa shape index (κ2) is 18.7. The lowest BCUT2D eigenvalue weighted by Crippen LogP contribution is -2.67. The number of halogens is 9. The van der Waals surface area contributed by atoms with Crippen LogP contribution in [0, 0.1) is 10.1 Å². The Balaban J connectivity index is 1.02. The summed E-state index contributed by atoms with van der Waals surface area (Å²) in [6.45, 7) is -0.354. The van der Waals surface area contributed by atoms with Gasteiger partial charge in [-0.25, -0.2) is 13.1 Å². The van der Waals surface area contributed by atoms with Crippen molar-refractivity contribution < 1.29 is 67.5 Å². The number of nitro groups is 1. The fraction of sp³-hybridized carbons (Fsp3) is 0.378. The van der Waals surface area contributed by atoms with Crippen LogP contribution in [0.4, 0.5) is 63.6 Å². The number of alkyl halides is 8. The topological polar surface area (TPSA) is 185 Å². The number of fused-ring (bicyclic) bond motifs is 2. The van der Waals surface area contributed by atoms with Gasteiger partial charge >= 0.3 is 23.7 Å². The number of amides is 1. The maximum Gasteiger partial charge on any atom is 0.382 e. The van der Waals surface area contributed by atoms with Crippen LogP contribution in [0.15, 0.2) is 89.5 Å². The number of sulfonamides is 1. The lowest BCUT2D eigenvalue weighted by atomic mass is 9.77. The summed E-state index contributed by atoms with van der Waals surface area (Å²) in [4.78, 5) is 37.2. The molecule has 2 saturated heterocycles. The molecule has 0 saturated carbocycles. The van der Waals surface area contributed by atoms with Crippen LogP contribution in [0.25, 0.3) is 16.6 Å². The number of hydrogen-bond acceptors (Lipinski definition) is 13. The van der Waals surface area contributed by atoms with Crippen LogP contribution < -0.4 is 24.6 Å². The predicted molar refractivity (Wildman–Crippen MR) is 243 cm³/mol. The summed E-state index contributed by atoms with van der Waals surface area (Å²) in [6.07, 6.45) is 1.60. The first kappa shape index (κ1) is 49.7. The quantitative estimate of drug-likeness (QED) is 0.0619. The number of allylic oxidation sites excluding steroid dienone is 1. The molecule has 0 spiro atoms. The second-order valence-electron chi connectivity index (χ2n) is 17.0. The molecule has 5 heterocycles. The number of carbonyl (C=O) groups excluding carboxylic acids is 1. The van der Waals surface area contributed by atoms with Gasteiger partial charge in [0.15, 0.2) is 0 Å². The van der Waals surface area contributed by atoms with Crippen LogP contribution >= 0.6 is 11.6 Å². The van der Waals surface area contributed by atoms with Gasteiger partial charge in [-0.2, -0.15) is 40.1 Å². The number of ether oxygens (including phenoxy) is 3. The zero-order chi connectivity index (χ0) is 50.7. The summed E-state index contributed by atoms with van der Waals surface area (Å²) in [6, 6.07) is 14.4. The number of nitrogens with one attached hydrogen (secondary N) is 3. The van der Waals surface area contributed by atoms with E-state index in [1.54, 1.807) is 34.2 Å². The average Bonchev–Trinajstić information content (AvgIpc) is 3.70. The van der Waals surface area contributed by atoms with Crippen molar-refractivity contribution in [3.8, 4) is 5.88 Å². The number of nitrogens with zero attached hydrogens (tertiary/aromatic N) is 5. The van der Waals surface area contributed by atoms with E-state index in [0.717, 1.165) is 41.3 Å². The Morgan fingerprint density at radius 1 is 0.873 bits per heavy atom. The second-order valence-corrected chi connectivity index (χ2v) is 19.1. The fourth-order valence-electron chi connectivity index (χ4n) is 8.87. The number of carbonyl (C=O) groups is 1. The fourth-order valence-corrected chi connectivity index (χ4v) is 9.98. The molecule has 378 valence electrons. The van der Waals surface area contributed by atoms with Gasteiger partial charge in [-0.05, 0) is 66.6 Å². The van der Waals surface area contributed by atoms with Crippen LogP contribution in [-0.2, 0) is 19.5 Å². The zero-order valence-electron chi connectivity index (χ0n) is 36.9. The number of pyridine rings is 1. The summed E-state index contributed by atoms with van der Waals surface area (Å²) in [7, 11) is -4.81. The minimum Gasteiger partial charge on any atom is -0.476 e. The molecule has 5 aromatic rings. The number of aromatic amines is 1. The molecule has 4 aliphatic rings. The molecule has 3 aliphatic heterocycles. The Morgan fingerprint density at radius 2 is 1.61 bits per heavy atom. The van der Waals surface area contributed by atoms with Crippen molar-refractivity contribution in [2.45, 2.75) is 41.1 Å². The Bertz CT molecular complexity index is 3020. The molecule has 71 heavy (non-hydrogen) atoms. The van der Waals surface area contributed by atoms with Crippen molar-refractivity contribution in [1.82, 2.24) is 19.6 Å². The molecule has 0 bridgehead atoms. The van der Waals surface area contributed by atoms with Crippen LogP contribution in [-0.4, -0.2) is 136 Å². The van der Waals surface area contributed by atoms with Gasteiger partial charge in [-0.15, -0.1) is 0 Å². The van der Waals surface area contributed by atoms with Crippen LogP contribution in [0.5, 0.6) is 5.88 Å². The van der Waals surface area contributed by atoms with Gasteiger partial charge < -0.3 is 34.3 Å². The van der Waals surface area contributed by atoms with Gasteiger partial charge in [-0.1, -0.05) is 23.7 Å². The van der Waals surface area contributed by atoms with E-state index in [9.17, 15) is 40.9 Å². The van der Waals surface area contributed by atoms with E-state index in [0.29, 0.717) is 42.0 Å². The number of hydrogen-bond donors (Lipinski definition) is 3. The Hall–Kier alpha value is -6.28. The molecule has 3 aromatic carbocycles. The summed E-state index contributed by atoms with van der Waals surface area (Å²) >= 11 is 5.84. The monoisotopic (exact) mass is 1040 g/mol. The highest BCUT2D eigenvalue weighted by Crippen LogP contribution is 2.64. The van der Waals surface area contributed by atoms with Gasteiger partial charge in [0.05, 0.1) is 53.6 Å². The molecule has 2 fully saturated rings. The highest BCUT2D eigenvalue weighted by atomic mass is 35.5. The number of aromatic nitrogens is 2. The molecule has 1 unspecified atom stereocenters. The number of nitro benzene ring substituents is 1. The lowest BCUT2D eigenvalue weighted by Gasteiger charge is -2.46. The molecule has 1 amide bonds. The maximum atomic E-state index is 15.7. The van der Waals surface area contributed by atoms with E-state index < -0.39 is 84.5 Å². The SMILES string of the molecule is O=C(NS(=O)(=O)c1ccc(NCC2COCCO2)c([N+](=O)[O-])c1)c1ccc(N2CCN(CC3=C(c4ccc(Cl)cc4)C(F)(F)C(F)(F)C(F)(F)C3(F)F)CC2)cc1N1CCCOc2nc3[nH]ccc3cc21. The largest absolute Gasteiger partial charge is 0.476 e. The van der Waals surface area contributed by atoms with Crippen molar-refractivity contribution in [1.29, 1.82) is 0 Å². The molecule has 9 rings (SSSR count). The Labute approximate surface area is 403 Å². The molecule has 1 atom stereocenters. The smallest absolute Gasteiger partial charge is 0.382 e. The summed E-state index contributed by atoms with van der Waals surface area (Å²) in [5, 5.41) is 15.6. The predicted octanol–water partition coefficient (Wildman–Crippen LogP) is 8.12. The van der Waals surface area contributed by atoms with Crippen molar-refractivity contribution >= 4 is 72.6 Å². The third-order valence-electron chi connectivity index (χ3n) is 12.6. The molecular formula is C45H41ClF8N8O8S. The summed E-state index contributed by atoms with van der Waals surface area (Å²) < 4.78 is 168. The average molecular weight is 1040 g/mol. The molecule has 26 heteroatoms. The molecule has 0 radical (unpaired) electrons. The molecule has 16 nitrogen and oxygen atoms in total. The van der Waals surface area contributed by atoms with Gasteiger partial charge in [-0.3, -0.25) is 19.8 Å². The van der Waals surface area contributed by atoms with Gasteiger partial charge in [0.25, 0.3) is 21.6 Å². The van der Waals surface area contributed by atoms with Crippen molar-refractivity contribution in [3.05, 3.63) is 111 Å². The van der Waals surface area contributed by atoms with Crippen molar-refractivity contribution in [2.75, 3.05) is 87.4 Å². The zero-order valence-corrected chi connectivity index (χ0v) is 38.5. The standard InChI is InChI=1S/C45H41ClF8N8O8S/c46-28-4-2-26(3-5-28)38-33(42(47,48)44(51,52)45(53,54)43(38,49)50)24-59-13-15-60(16-14-59)29-6-8-32(35(21-29)61-12-1-17-70-41-37(61)20-27-10-11-55-39(27)57-41)40(63)58-71(66,67)31-7-9-34(36(22-31)62(64)65)56-23-30-25-68-18-19-69-30/h2-11,20-22,30,56H,1,12-19,23-25H2,(H,55,57)(H,58,63). The first-order valence-corrected chi connectivity index (χ1v) is 23.8. The van der Waals surface area contributed by atoms with E-state index in [-0.39, 0.29) is 80.3 Å². The maximum absolute atomic E-state index is 15.7. The third-order valence-corrected chi connectivity index (χ3v) is 14.2. The van der Waals surface area contributed by atoms with Crippen molar-refractivity contribution in [2.24, 2.45) is 0 Å². The molecule has 3 N–H and O–H groups in total. The molecule has 2 aromatic heterocycles. The number of piperazine rings is 1. The Kier molecular flexibility index (Phi) is 13.1.